The van der Waals surface area contributed by atoms with Crippen molar-refractivity contribution >= 4 is 5.78 Å². The zero-order valence-electron chi connectivity index (χ0n) is 12.0. The summed E-state index contributed by atoms with van der Waals surface area (Å²) >= 11 is 0. The Hall–Kier alpha value is -1.38. The van der Waals surface area contributed by atoms with Crippen LogP contribution in [-0.4, -0.2) is 11.9 Å². The molecule has 1 atom stereocenters. The van der Waals surface area contributed by atoms with Crippen molar-refractivity contribution in [2.24, 2.45) is 5.41 Å². The molecule has 2 fully saturated rings. The minimum absolute atomic E-state index is 0.0600. The first-order valence-electron chi connectivity index (χ1n) is 7.58. The van der Waals surface area contributed by atoms with Crippen molar-refractivity contribution in [1.82, 2.24) is 0 Å². The van der Waals surface area contributed by atoms with Crippen LogP contribution in [0.4, 0.5) is 4.39 Å². The summed E-state index contributed by atoms with van der Waals surface area (Å²) in [6.45, 7) is 1.73. The van der Waals surface area contributed by atoms with E-state index in [9.17, 15) is 9.18 Å². The Morgan fingerprint density at radius 2 is 1.90 bits per heavy atom. The number of hydrogen-bond donors (Lipinski definition) is 0. The van der Waals surface area contributed by atoms with E-state index in [1.807, 2.05) is 0 Å². The van der Waals surface area contributed by atoms with Gasteiger partial charge >= 0.3 is 0 Å². The molecule has 0 saturated heterocycles. The van der Waals surface area contributed by atoms with Gasteiger partial charge in [-0.2, -0.15) is 0 Å². The lowest BCUT2D eigenvalue weighted by Crippen LogP contribution is -2.56. The second-order valence-electron chi connectivity index (χ2n) is 6.22. The second kappa shape index (κ2) is 5.19. The van der Waals surface area contributed by atoms with Gasteiger partial charge in [-0.25, -0.2) is 4.39 Å². The quantitative estimate of drug-likeness (QED) is 0.809. The summed E-state index contributed by atoms with van der Waals surface area (Å²) in [6.07, 6.45) is 6.92. The third-order valence-electron chi connectivity index (χ3n) is 4.96. The van der Waals surface area contributed by atoms with E-state index >= 15 is 0 Å². The molecule has 0 heterocycles. The average molecular weight is 276 g/mol. The Labute approximate surface area is 119 Å². The average Bonchev–Trinajstić information content (AvgIpc) is 2.70. The van der Waals surface area contributed by atoms with Crippen LogP contribution in [0.3, 0.4) is 0 Å². The van der Waals surface area contributed by atoms with E-state index in [0.29, 0.717) is 23.5 Å². The molecule has 1 unspecified atom stereocenters. The number of halogens is 1. The van der Waals surface area contributed by atoms with Crippen molar-refractivity contribution in [1.29, 1.82) is 0 Å². The molecule has 3 heteroatoms. The number of hydrogen-bond acceptors (Lipinski definition) is 2. The van der Waals surface area contributed by atoms with Gasteiger partial charge < -0.3 is 4.74 Å². The first-order valence-corrected chi connectivity index (χ1v) is 7.58. The van der Waals surface area contributed by atoms with Crippen LogP contribution in [-0.2, 0) is 4.79 Å². The summed E-state index contributed by atoms with van der Waals surface area (Å²) in [4.78, 5) is 12.1. The van der Waals surface area contributed by atoms with Gasteiger partial charge in [0.05, 0.1) is 5.41 Å². The lowest BCUT2D eigenvalue weighted by Gasteiger charge is -2.47. The highest BCUT2D eigenvalue weighted by Gasteiger charge is 2.55. The number of ketones is 1. The minimum Gasteiger partial charge on any atom is -0.489 e. The molecule has 0 radical (unpaired) electrons. The molecule has 20 heavy (non-hydrogen) atoms. The van der Waals surface area contributed by atoms with Crippen LogP contribution in [0.5, 0.6) is 5.75 Å². The van der Waals surface area contributed by atoms with E-state index in [1.54, 1.807) is 19.1 Å². The van der Waals surface area contributed by atoms with Crippen molar-refractivity contribution in [2.45, 2.75) is 58.0 Å². The van der Waals surface area contributed by atoms with Crippen LogP contribution in [0.2, 0.25) is 0 Å². The summed E-state index contributed by atoms with van der Waals surface area (Å²) in [5, 5.41) is 0. The monoisotopic (exact) mass is 276 g/mol. The molecule has 1 aromatic rings. The Kier molecular flexibility index (Phi) is 3.53. The van der Waals surface area contributed by atoms with Crippen LogP contribution in [0, 0.1) is 18.2 Å². The van der Waals surface area contributed by atoms with E-state index in [1.165, 1.54) is 18.9 Å². The fourth-order valence-corrected chi connectivity index (χ4v) is 3.54. The summed E-state index contributed by atoms with van der Waals surface area (Å²) in [6, 6.07) is 4.96. The van der Waals surface area contributed by atoms with Gasteiger partial charge in [0.1, 0.15) is 23.5 Å². The lowest BCUT2D eigenvalue weighted by molar-refractivity contribution is -0.154. The number of benzene rings is 1. The van der Waals surface area contributed by atoms with Crippen LogP contribution in [0.1, 0.15) is 50.5 Å². The Balaban J connectivity index is 1.76. The third-order valence-corrected chi connectivity index (χ3v) is 4.96. The highest BCUT2D eigenvalue weighted by atomic mass is 19.1. The zero-order chi connectivity index (χ0) is 14.2. The van der Waals surface area contributed by atoms with Crippen molar-refractivity contribution < 1.29 is 13.9 Å². The molecule has 3 rings (SSSR count). The van der Waals surface area contributed by atoms with Crippen molar-refractivity contribution in [3.8, 4) is 5.75 Å². The molecular weight excluding hydrogens is 255 g/mol. The van der Waals surface area contributed by atoms with Gasteiger partial charge in [0.25, 0.3) is 0 Å². The molecule has 2 nitrogen and oxygen atoms in total. The number of carbonyl (C=O) groups is 1. The Morgan fingerprint density at radius 1 is 1.20 bits per heavy atom. The van der Waals surface area contributed by atoms with Gasteiger partial charge in [0, 0.05) is 12.5 Å². The Bertz CT molecular complexity index is 516. The maximum atomic E-state index is 13.6. The molecule has 1 spiro atoms. The number of aryl methyl sites for hydroxylation is 1. The van der Waals surface area contributed by atoms with Gasteiger partial charge in [-0.05, 0) is 31.4 Å². The van der Waals surface area contributed by atoms with E-state index in [0.717, 1.165) is 25.7 Å². The molecule has 1 aromatic carbocycles. The topological polar surface area (TPSA) is 26.3 Å². The Morgan fingerprint density at radius 3 is 2.50 bits per heavy atom. The van der Waals surface area contributed by atoms with E-state index in [2.05, 4.69) is 0 Å². The number of Topliss-reactive ketones (excluding diaryl/α,β-unsaturated/α-hetero) is 1. The van der Waals surface area contributed by atoms with Crippen LogP contribution in [0.15, 0.2) is 18.2 Å². The SMILES string of the molecule is Cc1ccc(OC2CC(=O)C23CCCCCC3)cc1F. The van der Waals surface area contributed by atoms with Crippen LogP contribution < -0.4 is 4.74 Å². The smallest absolute Gasteiger partial charge is 0.146 e. The fourth-order valence-electron chi connectivity index (χ4n) is 3.54. The molecule has 2 aliphatic rings. The minimum atomic E-state index is -0.280. The first-order chi connectivity index (χ1) is 9.62. The predicted molar refractivity (Wildman–Crippen MR) is 75.3 cm³/mol. The standard InChI is InChI=1S/C17H21FO2/c1-12-6-7-13(10-14(12)18)20-16-11-15(19)17(16)8-4-2-3-5-9-17/h6-7,10,16H,2-5,8-9,11H2,1H3. The van der Waals surface area contributed by atoms with Gasteiger partial charge in [0.15, 0.2) is 0 Å². The van der Waals surface area contributed by atoms with Crippen molar-refractivity contribution in [3.05, 3.63) is 29.6 Å². The summed E-state index contributed by atoms with van der Waals surface area (Å²) < 4.78 is 19.5. The molecule has 0 aliphatic heterocycles. The predicted octanol–water partition coefficient (Wildman–Crippen LogP) is 4.19. The maximum Gasteiger partial charge on any atom is 0.146 e. The molecule has 0 amide bonds. The maximum absolute atomic E-state index is 13.6. The first kappa shape index (κ1) is 13.6. The normalized spacial score (nSPS) is 25.1. The van der Waals surface area contributed by atoms with Gasteiger partial charge in [0.2, 0.25) is 0 Å². The van der Waals surface area contributed by atoms with Crippen molar-refractivity contribution in [3.63, 3.8) is 0 Å². The zero-order valence-corrected chi connectivity index (χ0v) is 12.0. The summed E-state index contributed by atoms with van der Waals surface area (Å²) in [5.74, 6) is 0.647. The van der Waals surface area contributed by atoms with Crippen LogP contribution in [0.25, 0.3) is 0 Å². The van der Waals surface area contributed by atoms with Crippen molar-refractivity contribution in [2.75, 3.05) is 0 Å². The van der Waals surface area contributed by atoms with Gasteiger partial charge in [-0.3, -0.25) is 4.79 Å². The second-order valence-corrected chi connectivity index (χ2v) is 6.22. The summed E-state index contributed by atoms with van der Waals surface area (Å²) in [7, 11) is 0. The van der Waals surface area contributed by atoms with Gasteiger partial charge in [-0.1, -0.05) is 31.7 Å². The molecule has 0 bridgehead atoms. The highest BCUT2D eigenvalue weighted by molar-refractivity contribution is 5.92. The van der Waals surface area contributed by atoms with E-state index in [4.69, 9.17) is 4.74 Å². The molecule has 0 aromatic heterocycles. The fraction of sp³-hybridized carbons (Fsp3) is 0.588. The molecule has 0 N–H and O–H groups in total. The molecular formula is C17H21FO2. The van der Waals surface area contributed by atoms with E-state index in [-0.39, 0.29) is 17.3 Å². The number of carbonyl (C=O) groups excluding carboxylic acids is 1. The molecule has 108 valence electrons. The number of ether oxygens (including phenoxy) is 1. The van der Waals surface area contributed by atoms with Gasteiger partial charge in [-0.15, -0.1) is 0 Å². The molecule has 2 saturated carbocycles. The highest BCUT2D eigenvalue weighted by Crippen LogP contribution is 2.49. The lowest BCUT2D eigenvalue weighted by atomic mass is 9.60. The largest absolute Gasteiger partial charge is 0.489 e. The van der Waals surface area contributed by atoms with Crippen LogP contribution >= 0.6 is 0 Å². The third kappa shape index (κ3) is 2.23. The van der Waals surface area contributed by atoms with E-state index < -0.39 is 0 Å². The number of rotatable bonds is 2. The summed E-state index contributed by atoms with van der Waals surface area (Å²) in [5.41, 5.74) is 0.337. The molecule has 2 aliphatic carbocycles.